The van der Waals surface area contributed by atoms with E-state index in [4.69, 9.17) is 16.6 Å². The van der Waals surface area contributed by atoms with E-state index in [2.05, 4.69) is 49.6 Å². The summed E-state index contributed by atoms with van der Waals surface area (Å²) in [6, 6.07) is 12.2. The summed E-state index contributed by atoms with van der Waals surface area (Å²) < 4.78 is 1.81. The standard InChI is InChI=1S/C31H32ClN9O3/c1-17-16-40(31-33-15-23(32)29(36-31)34-19-4-8-24-18(12-19)13-27(43)38(24)2)10-11-41(17)20-5-6-21-25(14-20)39(3)37-28(21)22-7-9-26(42)35-30(22)44/h4-6,8,12,14-15,17,22H,7,9-11,13,16H2,1-3H3,(H,33,34,36)(H,35,42,44)/t17-,22?/m0/s1. The lowest BCUT2D eigenvalue weighted by molar-refractivity contribution is -0.134. The van der Waals surface area contributed by atoms with Crippen molar-refractivity contribution in [3.63, 3.8) is 0 Å². The predicted octanol–water partition coefficient (Wildman–Crippen LogP) is 3.51. The molecule has 4 aromatic rings. The zero-order valence-electron chi connectivity index (χ0n) is 24.7. The zero-order valence-corrected chi connectivity index (χ0v) is 25.4. The number of nitrogens with zero attached hydrogens (tertiary/aromatic N) is 7. The molecule has 1 unspecified atom stereocenters. The van der Waals surface area contributed by atoms with Gasteiger partial charge in [0.2, 0.25) is 23.7 Å². The van der Waals surface area contributed by atoms with Gasteiger partial charge >= 0.3 is 0 Å². The highest BCUT2D eigenvalue weighted by atomic mass is 35.5. The lowest BCUT2D eigenvalue weighted by Gasteiger charge is -2.41. The molecular weight excluding hydrogens is 582 g/mol. The number of carbonyl (C=O) groups excluding carboxylic acids is 3. The van der Waals surface area contributed by atoms with Crippen molar-refractivity contribution in [2.75, 3.05) is 46.7 Å². The van der Waals surface area contributed by atoms with Crippen LogP contribution in [-0.4, -0.2) is 70.2 Å². The van der Waals surface area contributed by atoms with Gasteiger partial charge in [-0.3, -0.25) is 24.4 Å². The smallest absolute Gasteiger partial charge is 0.235 e. The number of aryl methyl sites for hydroxylation is 1. The van der Waals surface area contributed by atoms with Gasteiger partial charge in [-0.2, -0.15) is 10.1 Å². The third-order valence-electron chi connectivity index (χ3n) is 8.83. The molecule has 226 valence electrons. The predicted molar refractivity (Wildman–Crippen MR) is 169 cm³/mol. The van der Waals surface area contributed by atoms with Crippen LogP contribution in [0.5, 0.6) is 0 Å². The number of aromatic nitrogens is 4. The zero-order chi connectivity index (χ0) is 30.7. The lowest BCUT2D eigenvalue weighted by atomic mass is 9.92. The van der Waals surface area contributed by atoms with E-state index in [9.17, 15) is 14.4 Å². The highest BCUT2D eigenvalue weighted by Crippen LogP contribution is 2.35. The maximum Gasteiger partial charge on any atom is 0.235 e. The van der Waals surface area contributed by atoms with Crippen LogP contribution in [0.2, 0.25) is 5.02 Å². The van der Waals surface area contributed by atoms with E-state index in [1.807, 2.05) is 36.0 Å². The Balaban J connectivity index is 1.07. The summed E-state index contributed by atoms with van der Waals surface area (Å²) in [4.78, 5) is 51.8. The Morgan fingerprint density at radius 1 is 1.07 bits per heavy atom. The van der Waals surface area contributed by atoms with E-state index in [-0.39, 0.29) is 23.8 Å². The third kappa shape index (κ3) is 4.88. The Labute approximate surface area is 259 Å². The molecule has 0 aliphatic carbocycles. The van der Waals surface area contributed by atoms with Crippen molar-refractivity contribution < 1.29 is 14.4 Å². The number of halogens is 1. The SMILES string of the molecule is C[C@H]1CN(c2ncc(Cl)c(Nc3ccc4c(c3)CC(=O)N4C)n2)CCN1c1ccc2c(C3CCC(=O)NC3=O)nn(C)c2c1. The number of nitrogens with one attached hydrogen (secondary N) is 2. The van der Waals surface area contributed by atoms with Crippen molar-refractivity contribution in [1.82, 2.24) is 25.1 Å². The summed E-state index contributed by atoms with van der Waals surface area (Å²) in [5, 5.41) is 11.8. The number of carbonyl (C=O) groups is 3. The number of hydrogen-bond acceptors (Lipinski definition) is 9. The Morgan fingerprint density at radius 3 is 2.70 bits per heavy atom. The Bertz CT molecular complexity index is 1840. The maximum absolute atomic E-state index is 12.5. The lowest BCUT2D eigenvalue weighted by Crippen LogP contribution is -2.52. The summed E-state index contributed by atoms with van der Waals surface area (Å²) in [5.74, 6) is 0.231. The van der Waals surface area contributed by atoms with Crippen molar-refractivity contribution in [2.45, 2.75) is 38.1 Å². The number of likely N-dealkylation sites (N-methyl/N-ethyl adjacent to an activating group) is 1. The molecule has 3 aliphatic heterocycles. The summed E-state index contributed by atoms with van der Waals surface area (Å²) in [6.45, 7) is 4.35. The van der Waals surface area contributed by atoms with E-state index in [0.29, 0.717) is 54.8 Å². The quantitative estimate of drug-likeness (QED) is 0.325. The van der Waals surface area contributed by atoms with Crippen LogP contribution in [0.4, 0.5) is 28.8 Å². The molecule has 2 atom stereocenters. The maximum atomic E-state index is 12.5. The van der Waals surface area contributed by atoms with Crippen molar-refractivity contribution in [3.8, 4) is 0 Å². The first-order chi connectivity index (χ1) is 21.2. The van der Waals surface area contributed by atoms with E-state index in [0.717, 1.165) is 40.1 Å². The van der Waals surface area contributed by atoms with Crippen molar-refractivity contribution in [3.05, 3.63) is 58.9 Å². The fraction of sp³-hybridized carbons (Fsp3) is 0.355. The molecule has 0 bridgehead atoms. The number of anilines is 5. The summed E-state index contributed by atoms with van der Waals surface area (Å²) in [6.07, 6.45) is 2.77. The number of piperazine rings is 1. The highest BCUT2D eigenvalue weighted by Gasteiger charge is 2.32. The van der Waals surface area contributed by atoms with Gasteiger partial charge in [-0.15, -0.1) is 0 Å². The molecule has 2 fully saturated rings. The van der Waals surface area contributed by atoms with Gasteiger partial charge in [-0.1, -0.05) is 11.6 Å². The molecule has 2 saturated heterocycles. The van der Waals surface area contributed by atoms with Crippen LogP contribution in [-0.2, 0) is 27.9 Å². The van der Waals surface area contributed by atoms with Crippen molar-refractivity contribution in [1.29, 1.82) is 0 Å². The molecule has 2 aromatic carbocycles. The molecule has 0 spiro atoms. The second kappa shape index (κ2) is 10.8. The number of fused-ring (bicyclic) bond motifs is 2. The first-order valence-corrected chi connectivity index (χ1v) is 15.0. The fourth-order valence-electron chi connectivity index (χ4n) is 6.47. The minimum atomic E-state index is -0.433. The number of piperidine rings is 1. The molecule has 0 radical (unpaired) electrons. The van der Waals surface area contributed by atoms with Crippen LogP contribution >= 0.6 is 11.6 Å². The van der Waals surface area contributed by atoms with Gasteiger partial charge in [0, 0.05) is 68.6 Å². The van der Waals surface area contributed by atoms with Crippen LogP contribution in [0.15, 0.2) is 42.6 Å². The van der Waals surface area contributed by atoms with Gasteiger partial charge in [-0.05, 0) is 55.3 Å². The Kier molecular flexibility index (Phi) is 6.88. The van der Waals surface area contributed by atoms with Crippen LogP contribution < -0.4 is 25.3 Å². The fourth-order valence-corrected chi connectivity index (χ4v) is 6.61. The topological polar surface area (TPSA) is 129 Å². The average Bonchev–Trinajstić information content (AvgIpc) is 3.48. The number of amides is 3. The van der Waals surface area contributed by atoms with Gasteiger partial charge in [0.15, 0.2) is 5.82 Å². The first-order valence-electron chi connectivity index (χ1n) is 14.7. The van der Waals surface area contributed by atoms with Crippen LogP contribution in [0.1, 0.15) is 36.9 Å². The number of hydrogen-bond donors (Lipinski definition) is 2. The van der Waals surface area contributed by atoms with Crippen molar-refractivity contribution >= 4 is 69.1 Å². The van der Waals surface area contributed by atoms with Crippen LogP contribution in [0.25, 0.3) is 10.9 Å². The van der Waals surface area contributed by atoms with E-state index in [1.54, 1.807) is 18.1 Å². The molecular formula is C31H32ClN9O3. The number of rotatable bonds is 5. The molecule has 12 nitrogen and oxygen atoms in total. The molecule has 44 heavy (non-hydrogen) atoms. The van der Waals surface area contributed by atoms with Crippen LogP contribution in [0, 0.1) is 0 Å². The average molecular weight is 614 g/mol. The summed E-state index contributed by atoms with van der Waals surface area (Å²) in [5.41, 5.74) is 5.41. The van der Waals surface area contributed by atoms with E-state index >= 15 is 0 Å². The summed E-state index contributed by atoms with van der Waals surface area (Å²) in [7, 11) is 3.67. The number of benzene rings is 2. The van der Waals surface area contributed by atoms with Crippen LogP contribution in [0.3, 0.4) is 0 Å². The first kappa shape index (κ1) is 28.1. The minimum absolute atomic E-state index is 0.0741. The number of imide groups is 1. The monoisotopic (exact) mass is 613 g/mol. The molecule has 2 aromatic heterocycles. The molecule has 13 heteroatoms. The van der Waals surface area contributed by atoms with Gasteiger partial charge in [0.25, 0.3) is 0 Å². The highest BCUT2D eigenvalue weighted by molar-refractivity contribution is 6.33. The summed E-state index contributed by atoms with van der Waals surface area (Å²) >= 11 is 6.49. The molecule has 3 amide bonds. The largest absolute Gasteiger partial charge is 0.365 e. The van der Waals surface area contributed by atoms with Crippen molar-refractivity contribution in [2.24, 2.45) is 7.05 Å². The Morgan fingerprint density at radius 2 is 1.91 bits per heavy atom. The normalized spacial score (nSPS) is 20.4. The van der Waals surface area contributed by atoms with Gasteiger partial charge in [0.1, 0.15) is 5.02 Å². The van der Waals surface area contributed by atoms with Gasteiger partial charge < -0.3 is 20.0 Å². The van der Waals surface area contributed by atoms with Gasteiger partial charge in [-0.25, -0.2) is 4.98 Å². The Hall–Kier alpha value is -4.71. The third-order valence-corrected chi connectivity index (χ3v) is 9.10. The minimum Gasteiger partial charge on any atom is -0.365 e. The van der Waals surface area contributed by atoms with Gasteiger partial charge in [0.05, 0.1) is 29.7 Å². The molecule has 2 N–H and O–H groups in total. The molecule has 7 rings (SSSR count). The van der Waals surface area contributed by atoms with E-state index < -0.39 is 5.92 Å². The molecule has 3 aliphatic rings. The second-order valence-electron chi connectivity index (χ2n) is 11.7. The van der Waals surface area contributed by atoms with E-state index in [1.165, 1.54) is 0 Å². The molecule has 0 saturated carbocycles. The molecule has 5 heterocycles. The second-order valence-corrected chi connectivity index (χ2v) is 12.1.